The predicted octanol–water partition coefficient (Wildman–Crippen LogP) is 5.49. The molecule has 3 aromatic rings. The standard InChI is InChI=1S/C20H16ClN3O2S/c1-25-16-5-3-4-13(8-16)18-12-27-20(24-18)14(10-22)11-23-17-9-15(21)6-7-19(17)26-2/h3-9,11-12,14H,1-2H3. The monoisotopic (exact) mass is 397 g/mol. The summed E-state index contributed by atoms with van der Waals surface area (Å²) in [5.74, 6) is 0.773. The van der Waals surface area contributed by atoms with Gasteiger partial charge in [0, 0.05) is 22.2 Å². The Morgan fingerprint density at radius 3 is 2.81 bits per heavy atom. The Balaban J connectivity index is 1.86. The third-order valence-electron chi connectivity index (χ3n) is 3.80. The van der Waals surface area contributed by atoms with Gasteiger partial charge in [0.05, 0.1) is 26.0 Å². The molecular weight excluding hydrogens is 382 g/mol. The first-order valence-corrected chi connectivity index (χ1v) is 9.27. The molecule has 0 saturated carbocycles. The summed E-state index contributed by atoms with van der Waals surface area (Å²) >= 11 is 7.44. The van der Waals surface area contributed by atoms with Crippen LogP contribution in [0.3, 0.4) is 0 Å². The molecule has 3 rings (SSSR count). The number of halogens is 1. The van der Waals surface area contributed by atoms with Crippen molar-refractivity contribution in [3.63, 3.8) is 0 Å². The molecule has 136 valence electrons. The summed E-state index contributed by atoms with van der Waals surface area (Å²) < 4.78 is 10.5. The van der Waals surface area contributed by atoms with E-state index in [4.69, 9.17) is 21.1 Å². The molecule has 1 atom stereocenters. The van der Waals surface area contributed by atoms with Crippen LogP contribution in [0.2, 0.25) is 5.02 Å². The summed E-state index contributed by atoms with van der Waals surface area (Å²) in [7, 11) is 3.18. The molecule has 0 aliphatic rings. The van der Waals surface area contributed by atoms with Crippen molar-refractivity contribution < 1.29 is 9.47 Å². The fourth-order valence-electron chi connectivity index (χ4n) is 2.42. The molecule has 0 spiro atoms. The van der Waals surface area contributed by atoms with E-state index < -0.39 is 5.92 Å². The zero-order chi connectivity index (χ0) is 19.2. The molecule has 0 N–H and O–H groups in total. The Kier molecular flexibility index (Phi) is 6.07. The van der Waals surface area contributed by atoms with Crippen LogP contribution in [0.25, 0.3) is 11.3 Å². The van der Waals surface area contributed by atoms with E-state index in [1.54, 1.807) is 38.6 Å². The maximum absolute atomic E-state index is 9.55. The van der Waals surface area contributed by atoms with Crippen LogP contribution in [0, 0.1) is 11.3 Å². The number of rotatable bonds is 6. The van der Waals surface area contributed by atoms with Gasteiger partial charge in [0.25, 0.3) is 0 Å². The number of thiazole rings is 1. The van der Waals surface area contributed by atoms with Crippen molar-refractivity contribution in [2.24, 2.45) is 4.99 Å². The molecule has 0 radical (unpaired) electrons. The number of nitriles is 1. The molecule has 5 nitrogen and oxygen atoms in total. The zero-order valence-corrected chi connectivity index (χ0v) is 16.3. The summed E-state index contributed by atoms with van der Waals surface area (Å²) in [5.41, 5.74) is 2.29. The van der Waals surface area contributed by atoms with Crippen molar-refractivity contribution in [2.75, 3.05) is 14.2 Å². The van der Waals surface area contributed by atoms with Crippen LogP contribution in [0.1, 0.15) is 10.9 Å². The van der Waals surface area contributed by atoms with E-state index in [9.17, 15) is 5.26 Å². The highest BCUT2D eigenvalue weighted by Gasteiger charge is 2.14. The molecule has 1 aromatic heterocycles. The van der Waals surface area contributed by atoms with Crippen LogP contribution in [0.4, 0.5) is 5.69 Å². The highest BCUT2D eigenvalue weighted by atomic mass is 35.5. The molecule has 27 heavy (non-hydrogen) atoms. The van der Waals surface area contributed by atoms with Crippen molar-refractivity contribution in [3.8, 4) is 28.8 Å². The van der Waals surface area contributed by atoms with Crippen molar-refractivity contribution >= 4 is 34.8 Å². The lowest BCUT2D eigenvalue weighted by molar-refractivity contribution is 0.415. The fourth-order valence-corrected chi connectivity index (χ4v) is 3.42. The van der Waals surface area contributed by atoms with Gasteiger partial charge in [0.1, 0.15) is 28.1 Å². The van der Waals surface area contributed by atoms with Crippen LogP contribution in [-0.4, -0.2) is 25.4 Å². The highest BCUT2D eigenvalue weighted by molar-refractivity contribution is 7.10. The SMILES string of the molecule is COc1cccc(-c2csc(C(C#N)C=Nc3cc(Cl)ccc3OC)n2)c1. The number of aliphatic imine (C=N–C) groups is 1. The molecular formula is C20H16ClN3O2S. The van der Waals surface area contributed by atoms with E-state index in [2.05, 4.69) is 16.0 Å². The zero-order valence-electron chi connectivity index (χ0n) is 14.7. The van der Waals surface area contributed by atoms with Gasteiger partial charge >= 0.3 is 0 Å². The van der Waals surface area contributed by atoms with Gasteiger partial charge in [0.2, 0.25) is 0 Å². The number of methoxy groups -OCH3 is 2. The quantitative estimate of drug-likeness (QED) is 0.515. The third-order valence-corrected chi connectivity index (χ3v) is 4.96. The molecule has 0 fully saturated rings. The summed E-state index contributed by atoms with van der Waals surface area (Å²) in [6, 6.07) is 15.0. The molecule has 1 heterocycles. The van der Waals surface area contributed by atoms with E-state index in [1.165, 1.54) is 11.3 Å². The van der Waals surface area contributed by atoms with Gasteiger partial charge < -0.3 is 9.47 Å². The first kappa shape index (κ1) is 18.9. The first-order chi connectivity index (χ1) is 13.1. The molecule has 1 unspecified atom stereocenters. The van der Waals surface area contributed by atoms with E-state index in [-0.39, 0.29) is 0 Å². The fraction of sp³-hybridized carbons (Fsp3) is 0.150. The molecule has 0 aliphatic heterocycles. The summed E-state index contributed by atoms with van der Waals surface area (Å²) in [4.78, 5) is 8.98. The Morgan fingerprint density at radius 2 is 2.07 bits per heavy atom. The smallest absolute Gasteiger partial charge is 0.144 e. The van der Waals surface area contributed by atoms with Crippen molar-refractivity contribution in [1.82, 2.24) is 4.98 Å². The van der Waals surface area contributed by atoms with Crippen molar-refractivity contribution in [2.45, 2.75) is 5.92 Å². The van der Waals surface area contributed by atoms with Crippen LogP contribution < -0.4 is 9.47 Å². The lowest BCUT2D eigenvalue weighted by Gasteiger charge is -2.05. The van der Waals surface area contributed by atoms with Gasteiger partial charge in [-0.3, -0.25) is 4.99 Å². The second-order valence-corrected chi connectivity index (χ2v) is 6.83. The Labute approximate surface area is 166 Å². The molecule has 0 amide bonds. The van der Waals surface area contributed by atoms with E-state index in [0.29, 0.717) is 21.5 Å². The van der Waals surface area contributed by atoms with Crippen LogP contribution in [0.5, 0.6) is 11.5 Å². The van der Waals surface area contributed by atoms with Crippen LogP contribution >= 0.6 is 22.9 Å². The van der Waals surface area contributed by atoms with Gasteiger partial charge in [-0.1, -0.05) is 23.7 Å². The first-order valence-electron chi connectivity index (χ1n) is 8.01. The minimum Gasteiger partial charge on any atom is -0.497 e. The summed E-state index contributed by atoms with van der Waals surface area (Å²) in [6.45, 7) is 0. The molecule has 0 saturated heterocycles. The largest absolute Gasteiger partial charge is 0.497 e. The highest BCUT2D eigenvalue weighted by Crippen LogP contribution is 2.32. The van der Waals surface area contributed by atoms with Gasteiger partial charge in [-0.2, -0.15) is 5.26 Å². The second kappa shape index (κ2) is 8.67. The molecule has 7 heteroatoms. The minimum atomic E-state index is -0.571. The average Bonchev–Trinajstić information content (AvgIpc) is 3.19. The lowest BCUT2D eigenvalue weighted by atomic mass is 10.1. The average molecular weight is 398 g/mol. The number of nitrogens with zero attached hydrogens (tertiary/aromatic N) is 3. The van der Waals surface area contributed by atoms with Gasteiger partial charge in [0.15, 0.2) is 0 Å². The van der Waals surface area contributed by atoms with Gasteiger partial charge in [-0.15, -0.1) is 11.3 Å². The van der Waals surface area contributed by atoms with Crippen molar-refractivity contribution in [1.29, 1.82) is 5.26 Å². The molecule has 0 bridgehead atoms. The lowest BCUT2D eigenvalue weighted by Crippen LogP contribution is -1.96. The van der Waals surface area contributed by atoms with E-state index in [1.807, 2.05) is 29.6 Å². The number of ether oxygens (including phenoxy) is 2. The summed E-state index contributed by atoms with van der Waals surface area (Å²) in [5, 5.41) is 12.7. The Morgan fingerprint density at radius 1 is 1.22 bits per heavy atom. The predicted molar refractivity (Wildman–Crippen MR) is 109 cm³/mol. The maximum Gasteiger partial charge on any atom is 0.144 e. The number of hydrogen-bond donors (Lipinski definition) is 0. The normalized spacial score (nSPS) is 11.9. The molecule has 2 aromatic carbocycles. The molecule has 0 aliphatic carbocycles. The number of aromatic nitrogens is 1. The van der Waals surface area contributed by atoms with Gasteiger partial charge in [-0.05, 0) is 30.3 Å². The van der Waals surface area contributed by atoms with E-state index >= 15 is 0 Å². The minimum absolute atomic E-state index is 0.547. The van der Waals surface area contributed by atoms with Crippen LogP contribution in [-0.2, 0) is 0 Å². The van der Waals surface area contributed by atoms with E-state index in [0.717, 1.165) is 17.0 Å². The van der Waals surface area contributed by atoms with Crippen LogP contribution in [0.15, 0.2) is 52.8 Å². The summed E-state index contributed by atoms with van der Waals surface area (Å²) in [6.07, 6.45) is 1.56. The Hall–Kier alpha value is -2.88. The number of benzene rings is 2. The van der Waals surface area contributed by atoms with Crippen molar-refractivity contribution in [3.05, 3.63) is 57.9 Å². The second-order valence-electron chi connectivity index (χ2n) is 5.50. The number of hydrogen-bond acceptors (Lipinski definition) is 6. The maximum atomic E-state index is 9.55. The Bertz CT molecular complexity index is 1010. The van der Waals surface area contributed by atoms with Gasteiger partial charge in [-0.25, -0.2) is 4.98 Å². The topological polar surface area (TPSA) is 67.5 Å². The third kappa shape index (κ3) is 4.45.